The number of carbonyl (C=O) groups is 1. The summed E-state index contributed by atoms with van der Waals surface area (Å²) in [5, 5.41) is 0. The molecule has 76 valence electrons. The molecule has 0 radical (unpaired) electrons. The molecule has 5 heteroatoms. The number of esters is 1. The van der Waals surface area contributed by atoms with E-state index < -0.39 is 9.76 Å². The molecule has 14 heavy (non-hydrogen) atoms. The number of alkyl halides is 3. The Bertz CT molecular complexity index is 327. The van der Waals surface area contributed by atoms with E-state index in [2.05, 4.69) is 0 Å². The molecule has 0 aromatic heterocycles. The van der Waals surface area contributed by atoms with Gasteiger partial charge in [-0.25, -0.2) is 4.79 Å². The van der Waals surface area contributed by atoms with Crippen molar-refractivity contribution in [3.05, 3.63) is 29.8 Å². The van der Waals surface area contributed by atoms with E-state index in [4.69, 9.17) is 39.5 Å². The standard InChI is InChI=1S/C9H7Cl3O2/c1-6-2-4-7(5-3-6)14-8(13)9(10,11)12/h2-5H,1H3. The molecular weight excluding hydrogens is 246 g/mol. The average molecular weight is 254 g/mol. The van der Waals surface area contributed by atoms with Crippen molar-refractivity contribution < 1.29 is 9.53 Å². The summed E-state index contributed by atoms with van der Waals surface area (Å²) < 4.78 is 2.76. The fourth-order valence-electron chi connectivity index (χ4n) is 0.771. The van der Waals surface area contributed by atoms with Crippen LogP contribution in [-0.4, -0.2) is 9.76 Å². The Morgan fingerprint density at radius 1 is 1.21 bits per heavy atom. The van der Waals surface area contributed by atoms with Crippen molar-refractivity contribution in [2.75, 3.05) is 0 Å². The lowest BCUT2D eigenvalue weighted by Crippen LogP contribution is -2.24. The first-order chi connectivity index (χ1) is 6.39. The van der Waals surface area contributed by atoms with Gasteiger partial charge in [-0.1, -0.05) is 52.5 Å². The second-order valence-electron chi connectivity index (χ2n) is 2.70. The molecule has 0 heterocycles. The third kappa shape index (κ3) is 3.37. The van der Waals surface area contributed by atoms with Crippen LogP contribution in [0, 0.1) is 6.92 Å². The topological polar surface area (TPSA) is 26.3 Å². The molecule has 1 rings (SSSR count). The molecule has 0 spiro atoms. The highest BCUT2D eigenvalue weighted by atomic mass is 35.6. The maximum atomic E-state index is 11.1. The Morgan fingerprint density at radius 3 is 2.14 bits per heavy atom. The zero-order valence-corrected chi connectivity index (χ0v) is 9.53. The van der Waals surface area contributed by atoms with Crippen LogP contribution in [0.3, 0.4) is 0 Å². The van der Waals surface area contributed by atoms with Crippen molar-refractivity contribution in [2.24, 2.45) is 0 Å². The lowest BCUT2D eigenvalue weighted by Gasteiger charge is -2.09. The predicted octanol–water partition coefficient (Wildman–Crippen LogP) is 3.27. The number of hydrogen-bond acceptors (Lipinski definition) is 2. The summed E-state index contributed by atoms with van der Waals surface area (Å²) in [7, 11) is 0. The summed E-state index contributed by atoms with van der Waals surface area (Å²) in [6.45, 7) is 1.92. The number of benzene rings is 1. The van der Waals surface area contributed by atoms with Crippen LogP contribution in [0.5, 0.6) is 5.75 Å². The molecule has 1 aromatic rings. The summed E-state index contributed by atoms with van der Waals surface area (Å²) in [5.41, 5.74) is 1.05. The van der Waals surface area contributed by atoms with Gasteiger partial charge in [-0.05, 0) is 19.1 Å². The first-order valence-electron chi connectivity index (χ1n) is 3.75. The quantitative estimate of drug-likeness (QED) is 0.436. The molecule has 2 nitrogen and oxygen atoms in total. The Hall–Kier alpha value is -0.440. The Labute approximate surface area is 96.7 Å². The highest BCUT2D eigenvalue weighted by Gasteiger charge is 2.33. The van der Waals surface area contributed by atoms with E-state index in [9.17, 15) is 4.79 Å². The average Bonchev–Trinajstić information content (AvgIpc) is 2.07. The van der Waals surface area contributed by atoms with Crippen molar-refractivity contribution in [1.29, 1.82) is 0 Å². The van der Waals surface area contributed by atoms with Gasteiger partial charge in [0.2, 0.25) is 0 Å². The molecular formula is C9H7Cl3O2. The van der Waals surface area contributed by atoms with Gasteiger partial charge in [0.1, 0.15) is 5.75 Å². The lowest BCUT2D eigenvalue weighted by molar-refractivity contribution is -0.133. The highest BCUT2D eigenvalue weighted by Crippen LogP contribution is 2.28. The second kappa shape index (κ2) is 4.39. The van der Waals surface area contributed by atoms with Crippen LogP contribution in [0.1, 0.15) is 5.56 Å². The normalized spacial score (nSPS) is 11.1. The van der Waals surface area contributed by atoms with Crippen LogP contribution in [0.25, 0.3) is 0 Å². The van der Waals surface area contributed by atoms with E-state index >= 15 is 0 Å². The van der Waals surface area contributed by atoms with Crippen molar-refractivity contribution in [3.63, 3.8) is 0 Å². The van der Waals surface area contributed by atoms with Crippen LogP contribution >= 0.6 is 34.8 Å². The zero-order valence-electron chi connectivity index (χ0n) is 7.26. The van der Waals surface area contributed by atoms with Gasteiger partial charge in [0.05, 0.1) is 0 Å². The molecule has 0 atom stereocenters. The minimum Gasteiger partial charge on any atom is -0.423 e. The lowest BCUT2D eigenvalue weighted by atomic mass is 10.2. The molecule has 1 aromatic carbocycles. The first kappa shape index (κ1) is 11.6. The van der Waals surface area contributed by atoms with Gasteiger partial charge >= 0.3 is 5.97 Å². The van der Waals surface area contributed by atoms with E-state index in [-0.39, 0.29) is 0 Å². The number of ether oxygens (including phenoxy) is 1. The fourth-order valence-corrected chi connectivity index (χ4v) is 0.887. The van der Waals surface area contributed by atoms with Gasteiger partial charge in [-0.15, -0.1) is 0 Å². The number of rotatable bonds is 1. The molecule has 0 saturated heterocycles. The van der Waals surface area contributed by atoms with Crippen LogP contribution in [-0.2, 0) is 4.79 Å². The highest BCUT2D eigenvalue weighted by molar-refractivity contribution is 6.75. The van der Waals surface area contributed by atoms with E-state index in [0.717, 1.165) is 5.56 Å². The Morgan fingerprint density at radius 2 is 1.71 bits per heavy atom. The first-order valence-corrected chi connectivity index (χ1v) is 4.88. The second-order valence-corrected chi connectivity index (χ2v) is 4.98. The van der Waals surface area contributed by atoms with Crippen LogP contribution in [0.15, 0.2) is 24.3 Å². The van der Waals surface area contributed by atoms with Crippen molar-refractivity contribution in [1.82, 2.24) is 0 Å². The van der Waals surface area contributed by atoms with E-state index in [1.807, 2.05) is 6.92 Å². The van der Waals surface area contributed by atoms with Crippen molar-refractivity contribution in [3.8, 4) is 5.75 Å². The molecule has 0 saturated carbocycles. The van der Waals surface area contributed by atoms with Crippen molar-refractivity contribution >= 4 is 40.8 Å². The Balaban J connectivity index is 2.71. The van der Waals surface area contributed by atoms with Gasteiger partial charge in [-0.2, -0.15) is 0 Å². The van der Waals surface area contributed by atoms with Gasteiger partial charge in [0, 0.05) is 0 Å². The van der Waals surface area contributed by atoms with Crippen LogP contribution in [0.2, 0.25) is 0 Å². The SMILES string of the molecule is Cc1ccc(OC(=O)C(Cl)(Cl)Cl)cc1. The monoisotopic (exact) mass is 252 g/mol. The maximum absolute atomic E-state index is 11.1. The largest absolute Gasteiger partial charge is 0.423 e. The molecule has 0 aliphatic rings. The molecule has 0 N–H and O–H groups in total. The number of carbonyl (C=O) groups excluding carboxylic acids is 1. The van der Waals surface area contributed by atoms with Crippen LogP contribution < -0.4 is 4.74 Å². The van der Waals surface area contributed by atoms with Gasteiger partial charge in [-0.3, -0.25) is 0 Å². The van der Waals surface area contributed by atoms with Gasteiger partial charge in [0.25, 0.3) is 3.79 Å². The maximum Gasteiger partial charge on any atom is 0.363 e. The fraction of sp³-hybridized carbons (Fsp3) is 0.222. The van der Waals surface area contributed by atoms with E-state index in [0.29, 0.717) is 5.75 Å². The number of aryl methyl sites for hydroxylation is 1. The molecule has 0 aliphatic heterocycles. The van der Waals surface area contributed by atoms with Crippen molar-refractivity contribution in [2.45, 2.75) is 10.7 Å². The summed E-state index contributed by atoms with van der Waals surface area (Å²) in [5.74, 6) is -0.557. The minimum atomic E-state index is -2.04. The Kier molecular flexibility index (Phi) is 3.65. The van der Waals surface area contributed by atoms with Crippen LogP contribution in [0.4, 0.5) is 0 Å². The predicted molar refractivity (Wildman–Crippen MR) is 57.1 cm³/mol. The van der Waals surface area contributed by atoms with Gasteiger partial charge < -0.3 is 4.74 Å². The molecule has 0 amide bonds. The number of halogens is 3. The zero-order chi connectivity index (χ0) is 10.8. The minimum absolute atomic E-state index is 0.354. The molecule has 0 fully saturated rings. The smallest absolute Gasteiger partial charge is 0.363 e. The molecule has 0 unspecified atom stereocenters. The van der Waals surface area contributed by atoms with Gasteiger partial charge in [0.15, 0.2) is 0 Å². The third-order valence-corrected chi connectivity index (χ3v) is 1.93. The third-order valence-electron chi connectivity index (χ3n) is 1.46. The summed E-state index contributed by atoms with van der Waals surface area (Å²) >= 11 is 16.0. The number of hydrogen-bond donors (Lipinski definition) is 0. The van der Waals surface area contributed by atoms with E-state index in [1.165, 1.54) is 0 Å². The summed E-state index contributed by atoms with van der Waals surface area (Å²) in [6, 6.07) is 6.84. The summed E-state index contributed by atoms with van der Waals surface area (Å²) in [6.07, 6.45) is 0. The van der Waals surface area contributed by atoms with E-state index in [1.54, 1.807) is 24.3 Å². The molecule has 0 bridgehead atoms. The summed E-state index contributed by atoms with van der Waals surface area (Å²) in [4.78, 5) is 11.1. The molecule has 0 aliphatic carbocycles.